The number of nitrogens with one attached hydrogen (secondary N) is 1. The molecular weight excluding hydrogens is 226 g/mol. The molecule has 4 nitrogen and oxygen atoms in total. The number of ketones is 1. The molecule has 0 aliphatic rings. The summed E-state index contributed by atoms with van der Waals surface area (Å²) in [5, 5.41) is 0. The van der Waals surface area contributed by atoms with Crippen LogP contribution in [-0.2, 0) is 6.42 Å². The topological polar surface area (TPSA) is 58.6 Å². The van der Waals surface area contributed by atoms with Crippen molar-refractivity contribution in [1.82, 2.24) is 15.0 Å². The number of allylic oxidation sites excluding steroid dienone is 1. The maximum absolute atomic E-state index is 12.0. The van der Waals surface area contributed by atoms with E-state index in [1.165, 1.54) is 0 Å². The number of carbonyl (C=O) groups is 1. The van der Waals surface area contributed by atoms with Crippen LogP contribution in [0.5, 0.6) is 0 Å². The van der Waals surface area contributed by atoms with Crippen molar-refractivity contribution in [2.45, 2.75) is 27.2 Å². The number of hydrogen-bond donors (Lipinski definition) is 1. The van der Waals surface area contributed by atoms with Gasteiger partial charge in [0.1, 0.15) is 5.52 Å². The van der Waals surface area contributed by atoms with Crippen molar-refractivity contribution in [3.05, 3.63) is 35.8 Å². The van der Waals surface area contributed by atoms with Gasteiger partial charge in [0, 0.05) is 6.20 Å². The van der Waals surface area contributed by atoms with Crippen molar-refractivity contribution < 1.29 is 4.79 Å². The number of aromatic amines is 1. The summed E-state index contributed by atoms with van der Waals surface area (Å²) in [5.41, 5.74) is 3.25. The molecule has 18 heavy (non-hydrogen) atoms. The Morgan fingerprint density at radius 1 is 1.50 bits per heavy atom. The van der Waals surface area contributed by atoms with Crippen molar-refractivity contribution in [2.75, 3.05) is 0 Å². The molecule has 0 amide bonds. The van der Waals surface area contributed by atoms with E-state index >= 15 is 0 Å². The minimum absolute atomic E-state index is 0.0859. The van der Waals surface area contributed by atoms with Gasteiger partial charge >= 0.3 is 0 Å². The highest BCUT2D eigenvalue weighted by atomic mass is 16.1. The van der Waals surface area contributed by atoms with Crippen molar-refractivity contribution in [1.29, 1.82) is 0 Å². The van der Waals surface area contributed by atoms with Gasteiger partial charge in [-0.1, -0.05) is 20.4 Å². The monoisotopic (exact) mass is 243 g/mol. The molecule has 0 atom stereocenters. The number of carbonyl (C=O) groups excluding carboxylic acids is 1. The number of fused-ring (bicyclic) bond motifs is 1. The van der Waals surface area contributed by atoms with E-state index in [9.17, 15) is 4.79 Å². The highest BCUT2D eigenvalue weighted by Gasteiger charge is 2.15. The quantitative estimate of drug-likeness (QED) is 0.663. The summed E-state index contributed by atoms with van der Waals surface area (Å²) >= 11 is 0. The normalized spacial score (nSPS) is 11.1. The van der Waals surface area contributed by atoms with E-state index in [1.807, 2.05) is 0 Å². The number of hydrogen-bond acceptors (Lipinski definition) is 3. The lowest BCUT2D eigenvalue weighted by Gasteiger charge is -2.04. The Hall–Kier alpha value is -1.97. The van der Waals surface area contributed by atoms with Crippen molar-refractivity contribution >= 4 is 16.9 Å². The van der Waals surface area contributed by atoms with Crippen LogP contribution in [0.2, 0.25) is 0 Å². The second kappa shape index (κ2) is 4.72. The minimum Gasteiger partial charge on any atom is -0.344 e. The molecule has 0 aliphatic heterocycles. The fourth-order valence-electron chi connectivity index (χ4n) is 1.85. The van der Waals surface area contributed by atoms with E-state index in [4.69, 9.17) is 0 Å². The predicted molar refractivity (Wildman–Crippen MR) is 71.6 cm³/mol. The average molecular weight is 243 g/mol. The molecule has 0 unspecified atom stereocenters. The third-order valence-corrected chi connectivity index (χ3v) is 2.68. The number of nitrogens with zero attached hydrogens (tertiary/aromatic N) is 2. The van der Waals surface area contributed by atoms with Crippen LogP contribution in [0.15, 0.2) is 24.5 Å². The van der Waals surface area contributed by atoms with Gasteiger partial charge < -0.3 is 4.98 Å². The zero-order chi connectivity index (χ0) is 13.3. The summed E-state index contributed by atoms with van der Waals surface area (Å²) in [7, 11) is 0. The number of Topliss-reactive ketones (excluding diaryl/α,β-unsaturated/α-hetero) is 1. The first-order chi connectivity index (χ1) is 8.49. The van der Waals surface area contributed by atoms with Gasteiger partial charge in [-0.25, -0.2) is 9.97 Å². The molecule has 2 aromatic heterocycles. The third-order valence-electron chi connectivity index (χ3n) is 2.68. The summed E-state index contributed by atoms with van der Waals surface area (Å²) in [4.78, 5) is 23.8. The van der Waals surface area contributed by atoms with Gasteiger partial charge in [-0.15, -0.1) is 0 Å². The van der Waals surface area contributed by atoms with Gasteiger partial charge in [-0.3, -0.25) is 4.79 Å². The zero-order valence-corrected chi connectivity index (χ0v) is 10.9. The number of aromatic nitrogens is 3. The molecule has 0 fully saturated rings. The predicted octanol–water partition coefficient (Wildman–Crippen LogP) is 2.92. The lowest BCUT2D eigenvalue weighted by molar-refractivity contribution is 0.103. The van der Waals surface area contributed by atoms with E-state index in [0.717, 1.165) is 12.1 Å². The molecular formula is C14H17N3O. The lowest BCUT2D eigenvalue weighted by atomic mass is 10.1. The summed E-state index contributed by atoms with van der Waals surface area (Å²) in [5.74, 6) is 0.424. The SMILES string of the molecule is C=C(C)C(=O)c1c[nH]c2ncc(CC(C)C)nc12. The van der Waals surface area contributed by atoms with E-state index in [2.05, 4.69) is 35.4 Å². The first kappa shape index (κ1) is 12.5. The smallest absolute Gasteiger partial charge is 0.191 e. The number of H-pyrrole nitrogens is 1. The highest BCUT2D eigenvalue weighted by molar-refractivity contribution is 6.14. The van der Waals surface area contributed by atoms with E-state index in [1.54, 1.807) is 19.3 Å². The molecule has 2 rings (SSSR count). The standard InChI is InChI=1S/C14H17N3O/c1-8(2)5-10-6-15-14-12(17-10)11(7-16-14)13(18)9(3)4/h6-8H,3,5H2,1-2,4H3,(H,15,16). The molecule has 0 radical (unpaired) electrons. The molecule has 0 saturated heterocycles. The first-order valence-corrected chi connectivity index (χ1v) is 6.02. The van der Waals surface area contributed by atoms with E-state index < -0.39 is 0 Å². The minimum atomic E-state index is -0.0859. The Bertz CT molecular complexity index is 611. The van der Waals surface area contributed by atoms with Gasteiger partial charge in [-0.2, -0.15) is 0 Å². The van der Waals surface area contributed by atoms with Crippen LogP contribution in [-0.4, -0.2) is 20.7 Å². The molecule has 1 N–H and O–H groups in total. The summed E-state index contributed by atoms with van der Waals surface area (Å²) in [6.45, 7) is 9.63. The maximum Gasteiger partial charge on any atom is 0.191 e. The molecule has 0 spiro atoms. The fourth-order valence-corrected chi connectivity index (χ4v) is 1.85. The van der Waals surface area contributed by atoms with E-state index in [0.29, 0.717) is 28.2 Å². The van der Waals surface area contributed by atoms with Crippen LogP contribution in [0.1, 0.15) is 36.8 Å². The molecule has 94 valence electrons. The van der Waals surface area contributed by atoms with Crippen molar-refractivity contribution in [3.8, 4) is 0 Å². The van der Waals surface area contributed by atoms with Crippen LogP contribution in [0, 0.1) is 5.92 Å². The van der Waals surface area contributed by atoms with Gasteiger partial charge in [0.05, 0.1) is 17.5 Å². The molecule has 2 aromatic rings. The third kappa shape index (κ3) is 2.32. The maximum atomic E-state index is 12.0. The zero-order valence-electron chi connectivity index (χ0n) is 10.9. The van der Waals surface area contributed by atoms with Gasteiger partial charge in [0.25, 0.3) is 0 Å². The van der Waals surface area contributed by atoms with E-state index in [-0.39, 0.29) is 5.78 Å². The fraction of sp³-hybridized carbons (Fsp3) is 0.357. The summed E-state index contributed by atoms with van der Waals surface area (Å²) in [6.07, 6.45) is 4.27. The molecule has 4 heteroatoms. The molecule has 0 aromatic carbocycles. The molecule has 0 saturated carbocycles. The van der Waals surface area contributed by atoms with Crippen LogP contribution in [0.25, 0.3) is 11.2 Å². The van der Waals surface area contributed by atoms with Crippen LogP contribution in [0.4, 0.5) is 0 Å². The Morgan fingerprint density at radius 2 is 2.22 bits per heavy atom. The van der Waals surface area contributed by atoms with Gasteiger partial charge in [0.2, 0.25) is 0 Å². The second-order valence-corrected chi connectivity index (χ2v) is 4.97. The Balaban J connectivity index is 2.49. The first-order valence-electron chi connectivity index (χ1n) is 6.02. The van der Waals surface area contributed by atoms with Gasteiger partial charge in [-0.05, 0) is 24.8 Å². The lowest BCUT2D eigenvalue weighted by Crippen LogP contribution is -2.02. The molecule has 0 aliphatic carbocycles. The molecule has 0 bridgehead atoms. The van der Waals surface area contributed by atoms with Crippen molar-refractivity contribution in [2.24, 2.45) is 5.92 Å². The van der Waals surface area contributed by atoms with Crippen molar-refractivity contribution in [3.63, 3.8) is 0 Å². The number of rotatable bonds is 4. The largest absolute Gasteiger partial charge is 0.344 e. The summed E-state index contributed by atoms with van der Waals surface area (Å²) < 4.78 is 0. The molecule has 2 heterocycles. The van der Waals surface area contributed by atoms with Crippen LogP contribution < -0.4 is 0 Å². The van der Waals surface area contributed by atoms with Crippen LogP contribution in [0.3, 0.4) is 0 Å². The average Bonchev–Trinajstić information content (AvgIpc) is 2.70. The second-order valence-electron chi connectivity index (χ2n) is 4.97. The summed E-state index contributed by atoms with van der Waals surface area (Å²) in [6, 6.07) is 0. The highest BCUT2D eigenvalue weighted by Crippen LogP contribution is 2.18. The van der Waals surface area contributed by atoms with Gasteiger partial charge in [0.15, 0.2) is 11.4 Å². The van der Waals surface area contributed by atoms with Crippen LogP contribution >= 0.6 is 0 Å². The Labute approximate surface area is 106 Å². The Morgan fingerprint density at radius 3 is 2.83 bits per heavy atom. The Kier molecular flexibility index (Phi) is 3.28.